The summed E-state index contributed by atoms with van der Waals surface area (Å²) in [6.07, 6.45) is 17.3. The Bertz CT molecular complexity index is 1630. The fourth-order valence-electron chi connectivity index (χ4n) is 6.35. The van der Waals surface area contributed by atoms with Crippen LogP contribution in [0.4, 0.5) is 5.69 Å². The maximum Gasteiger partial charge on any atom is 0.384 e. The second kappa shape index (κ2) is 16.1. The van der Waals surface area contributed by atoms with Gasteiger partial charge in [0.1, 0.15) is 12.4 Å². The third-order valence-corrected chi connectivity index (χ3v) is 8.85. The third-order valence-electron chi connectivity index (χ3n) is 8.85. The maximum atomic E-state index is 12.6. The van der Waals surface area contributed by atoms with Crippen LogP contribution in [0.2, 0.25) is 0 Å². The zero-order valence-electron chi connectivity index (χ0n) is 27.4. The van der Waals surface area contributed by atoms with Crippen LogP contribution < -0.4 is 9.64 Å². The number of fused-ring (bicyclic) bond motifs is 2. The molecule has 0 saturated carbocycles. The Morgan fingerprint density at radius 3 is 2.25 bits per heavy atom. The normalized spacial score (nSPS) is 17.2. The highest BCUT2D eigenvalue weighted by Gasteiger charge is 2.59. The van der Waals surface area contributed by atoms with Crippen LogP contribution in [0, 0.1) is 24.7 Å². The molecule has 0 saturated heterocycles. The van der Waals surface area contributed by atoms with Crippen LogP contribution in [0.3, 0.4) is 0 Å². The monoisotopic (exact) mass is 655 g/mol. The van der Waals surface area contributed by atoms with Crippen molar-refractivity contribution in [2.24, 2.45) is 0 Å². The molecule has 2 unspecified atom stereocenters. The Morgan fingerprint density at radius 1 is 0.875 bits per heavy atom. The van der Waals surface area contributed by atoms with E-state index in [1.165, 1.54) is 0 Å². The minimum absolute atomic E-state index is 0.110. The van der Waals surface area contributed by atoms with Gasteiger partial charge < -0.3 is 29.0 Å². The molecule has 1 N–H and O–H groups in total. The number of benzene rings is 2. The second-order valence-corrected chi connectivity index (χ2v) is 12.2. The van der Waals surface area contributed by atoms with E-state index in [2.05, 4.69) is 24.8 Å². The molecular formula is C38H41NO9. The van der Waals surface area contributed by atoms with E-state index in [-0.39, 0.29) is 32.2 Å². The molecule has 10 nitrogen and oxygen atoms in total. The van der Waals surface area contributed by atoms with E-state index in [0.717, 1.165) is 16.8 Å². The molecule has 252 valence electrons. The Morgan fingerprint density at radius 2 is 1.56 bits per heavy atom. The molecule has 0 aromatic heterocycles. The molecule has 2 aromatic rings. The summed E-state index contributed by atoms with van der Waals surface area (Å²) in [5.74, 6) is 0.654. The highest BCUT2D eigenvalue weighted by Crippen LogP contribution is 2.55. The van der Waals surface area contributed by atoms with E-state index >= 15 is 0 Å². The van der Waals surface area contributed by atoms with Crippen molar-refractivity contribution in [2.75, 3.05) is 31.3 Å². The van der Waals surface area contributed by atoms with E-state index in [1.807, 2.05) is 54.3 Å². The van der Waals surface area contributed by atoms with E-state index in [0.29, 0.717) is 56.4 Å². The highest BCUT2D eigenvalue weighted by atomic mass is 16.5. The predicted octanol–water partition coefficient (Wildman–Crippen LogP) is 5.38. The zero-order chi connectivity index (χ0) is 34.7. The number of esters is 3. The van der Waals surface area contributed by atoms with Gasteiger partial charge in [0.25, 0.3) is 0 Å². The number of aliphatic carboxylic acids is 1. The fourth-order valence-corrected chi connectivity index (χ4v) is 6.35. The van der Waals surface area contributed by atoms with Crippen molar-refractivity contribution in [3.63, 3.8) is 0 Å². The number of unbranched alkanes of at least 4 members (excludes halogenated alkanes) is 3. The first-order valence-corrected chi connectivity index (χ1v) is 16.1. The number of hydrogen-bond donors (Lipinski definition) is 1. The summed E-state index contributed by atoms with van der Waals surface area (Å²) >= 11 is 0. The van der Waals surface area contributed by atoms with Gasteiger partial charge in [-0.3, -0.25) is 9.59 Å². The third kappa shape index (κ3) is 7.83. The number of terminal acetylenes is 2. The lowest BCUT2D eigenvalue weighted by Crippen LogP contribution is -2.60. The van der Waals surface area contributed by atoms with Crippen molar-refractivity contribution >= 4 is 35.6 Å². The molecule has 2 aromatic carbocycles. The lowest BCUT2D eigenvalue weighted by Gasteiger charge is -2.47. The van der Waals surface area contributed by atoms with Crippen LogP contribution in [0.5, 0.6) is 5.75 Å². The van der Waals surface area contributed by atoms with Crippen molar-refractivity contribution in [1.29, 1.82) is 0 Å². The molecule has 0 aliphatic carbocycles. The molecule has 48 heavy (non-hydrogen) atoms. The van der Waals surface area contributed by atoms with Gasteiger partial charge >= 0.3 is 23.9 Å². The number of carbonyl (C=O) groups is 4. The number of rotatable bonds is 16. The summed E-state index contributed by atoms with van der Waals surface area (Å²) < 4.78 is 22.4. The van der Waals surface area contributed by atoms with Crippen LogP contribution in [0.25, 0.3) is 6.08 Å². The molecule has 0 bridgehead atoms. The van der Waals surface area contributed by atoms with Gasteiger partial charge in [-0.1, -0.05) is 36.4 Å². The van der Waals surface area contributed by atoms with Crippen LogP contribution in [-0.2, 0) is 38.8 Å². The van der Waals surface area contributed by atoms with Gasteiger partial charge in [0, 0.05) is 35.1 Å². The average molecular weight is 656 g/mol. The quantitative estimate of drug-likeness (QED) is 0.0828. The van der Waals surface area contributed by atoms with E-state index in [1.54, 1.807) is 6.07 Å². The number of hydrogen-bond acceptors (Lipinski definition) is 9. The standard InChI is InChI=1S/C38H41NO9/c1-5-32(40)45-24-12-7-8-20-34(42)47-26-23-39-31-19-10-9-18-30(31)37(3,4)38(39)22-21-27-15-14-17-28(35(27)48-38)29(36(43)44)16-11-13-25-46-33(41)6-2/h1-2,9-10,14-15,17-19,21-22,29H,7-8,11-13,16,20,23-26H2,3-4H3,(H,43,44). The van der Waals surface area contributed by atoms with Gasteiger partial charge in [0.15, 0.2) is 0 Å². The van der Waals surface area contributed by atoms with Crippen LogP contribution in [-0.4, -0.2) is 61.1 Å². The number of nitrogens with zero attached hydrogens (tertiary/aromatic N) is 1. The lowest BCUT2D eigenvalue weighted by molar-refractivity contribution is -0.144. The molecule has 4 rings (SSSR count). The van der Waals surface area contributed by atoms with Crippen molar-refractivity contribution in [3.05, 3.63) is 65.2 Å². The molecule has 2 aliphatic heterocycles. The number of anilines is 1. The molecule has 2 aliphatic rings. The molecule has 0 radical (unpaired) electrons. The van der Waals surface area contributed by atoms with E-state index < -0.39 is 35.0 Å². The summed E-state index contributed by atoms with van der Waals surface area (Å²) in [7, 11) is 0. The van der Waals surface area contributed by atoms with Crippen LogP contribution in [0.1, 0.15) is 81.4 Å². The lowest BCUT2D eigenvalue weighted by atomic mass is 9.76. The Labute approximate surface area is 281 Å². The van der Waals surface area contributed by atoms with E-state index in [4.69, 9.17) is 31.8 Å². The summed E-state index contributed by atoms with van der Waals surface area (Å²) in [6, 6.07) is 13.5. The Kier molecular flexibility index (Phi) is 11.9. The molecule has 0 amide bonds. The summed E-state index contributed by atoms with van der Waals surface area (Å²) in [5.41, 5.74) is 1.66. The molecular weight excluding hydrogens is 614 g/mol. The van der Waals surface area contributed by atoms with Gasteiger partial charge in [-0.25, -0.2) is 9.59 Å². The smallest absolute Gasteiger partial charge is 0.384 e. The molecule has 2 atom stereocenters. The SMILES string of the molecule is C#CC(=O)OCCCCCC(=O)OCCN1c2ccccc2C(C)(C)C12C=Cc1cccc(C(CCCCOC(=O)C#C)C(=O)O)c1O2. The molecule has 1 spiro atoms. The first-order chi connectivity index (χ1) is 23.1. The maximum absolute atomic E-state index is 12.6. The zero-order valence-corrected chi connectivity index (χ0v) is 27.4. The number of ether oxygens (including phenoxy) is 4. The van der Waals surface area contributed by atoms with Gasteiger partial charge in [0.2, 0.25) is 5.72 Å². The molecule has 10 heteroatoms. The Balaban J connectivity index is 1.49. The number of carboxylic acid groups (broad SMARTS) is 1. The van der Waals surface area contributed by atoms with E-state index in [9.17, 15) is 24.3 Å². The Hall–Kier alpha value is -5.22. The van der Waals surface area contributed by atoms with Gasteiger partial charge in [-0.2, -0.15) is 0 Å². The largest absolute Gasteiger partial charge is 0.481 e. The molecule has 0 fully saturated rings. The van der Waals surface area contributed by atoms with Crippen LogP contribution >= 0.6 is 0 Å². The first-order valence-electron chi connectivity index (χ1n) is 16.1. The van der Waals surface area contributed by atoms with Gasteiger partial charge in [-0.05, 0) is 76.2 Å². The number of carboxylic acids is 1. The minimum atomic E-state index is -1.05. The van der Waals surface area contributed by atoms with Crippen molar-refractivity contribution in [3.8, 4) is 30.4 Å². The van der Waals surface area contributed by atoms with Crippen molar-refractivity contribution in [1.82, 2.24) is 0 Å². The van der Waals surface area contributed by atoms with Crippen molar-refractivity contribution in [2.45, 2.75) is 75.9 Å². The minimum Gasteiger partial charge on any atom is -0.481 e. The topological polar surface area (TPSA) is 129 Å². The highest BCUT2D eigenvalue weighted by molar-refractivity contribution is 5.88. The predicted molar refractivity (Wildman–Crippen MR) is 179 cm³/mol. The van der Waals surface area contributed by atoms with Gasteiger partial charge in [0.05, 0.1) is 31.1 Å². The first kappa shape index (κ1) is 35.6. The van der Waals surface area contributed by atoms with Crippen LogP contribution in [0.15, 0.2) is 48.5 Å². The number of carbonyl (C=O) groups excluding carboxylic acids is 3. The van der Waals surface area contributed by atoms with Crippen molar-refractivity contribution < 1.29 is 43.2 Å². The summed E-state index contributed by atoms with van der Waals surface area (Å²) in [5, 5.41) is 10.3. The summed E-state index contributed by atoms with van der Waals surface area (Å²) in [6.45, 7) is 4.93. The second-order valence-electron chi connectivity index (χ2n) is 12.2. The fraction of sp³-hybridized carbons (Fsp3) is 0.421. The number of para-hydroxylation sites is 2. The van der Waals surface area contributed by atoms with Gasteiger partial charge in [-0.15, -0.1) is 12.8 Å². The molecule has 2 heterocycles. The average Bonchev–Trinajstić information content (AvgIpc) is 3.25. The summed E-state index contributed by atoms with van der Waals surface area (Å²) in [4.78, 5) is 49.5.